The van der Waals surface area contributed by atoms with Crippen LogP contribution in [0, 0.1) is 0 Å². The van der Waals surface area contributed by atoms with Crippen molar-refractivity contribution in [2.45, 2.75) is 44.9 Å². The van der Waals surface area contributed by atoms with Crippen molar-refractivity contribution < 1.29 is 23.8 Å². The molecule has 0 aliphatic heterocycles. The molecule has 0 fully saturated rings. The van der Waals surface area contributed by atoms with Gasteiger partial charge in [0.1, 0.15) is 6.61 Å². The topological polar surface area (TPSA) is 61.8 Å². The van der Waals surface area contributed by atoms with E-state index in [1.54, 1.807) is 0 Å². The molecule has 0 N–H and O–H groups in total. The van der Waals surface area contributed by atoms with Crippen molar-refractivity contribution in [1.29, 1.82) is 0 Å². The van der Waals surface area contributed by atoms with Crippen LogP contribution in [0.3, 0.4) is 0 Å². The molecule has 0 rings (SSSR count). The summed E-state index contributed by atoms with van der Waals surface area (Å²) in [6, 6.07) is 0. The van der Waals surface area contributed by atoms with Crippen molar-refractivity contribution in [1.82, 2.24) is 0 Å². The van der Waals surface area contributed by atoms with Gasteiger partial charge in [0.2, 0.25) is 0 Å². The van der Waals surface area contributed by atoms with E-state index in [-0.39, 0.29) is 12.6 Å². The van der Waals surface area contributed by atoms with Crippen molar-refractivity contribution in [3.63, 3.8) is 0 Å². The molecule has 0 aromatic carbocycles. The minimum Gasteiger partial charge on any atom is -0.463 e. The highest BCUT2D eigenvalue weighted by molar-refractivity contribution is 5.81. The van der Waals surface area contributed by atoms with Crippen LogP contribution < -0.4 is 0 Å². The lowest BCUT2D eigenvalue weighted by Gasteiger charge is -2.05. The molecule has 0 amide bonds. The van der Waals surface area contributed by atoms with Gasteiger partial charge in [-0.1, -0.05) is 45.3 Å². The summed E-state index contributed by atoms with van der Waals surface area (Å²) in [6.07, 6.45) is 10.00. The lowest BCUT2D eigenvalue weighted by Crippen LogP contribution is -2.08. The summed E-state index contributed by atoms with van der Waals surface area (Å²) in [5.74, 6) is -0.762. The first-order chi connectivity index (χ1) is 10.7. The zero-order valence-electron chi connectivity index (χ0n) is 13.4. The smallest absolute Gasteiger partial charge is 0.330 e. The van der Waals surface area contributed by atoms with Gasteiger partial charge >= 0.3 is 11.9 Å². The van der Waals surface area contributed by atoms with Crippen LogP contribution in [0.4, 0.5) is 0 Å². The average molecular weight is 312 g/mol. The van der Waals surface area contributed by atoms with Gasteiger partial charge in [-0.05, 0) is 12.8 Å². The van der Waals surface area contributed by atoms with Crippen molar-refractivity contribution in [3.05, 3.63) is 25.3 Å². The molecule has 126 valence electrons. The van der Waals surface area contributed by atoms with Gasteiger partial charge in [0.05, 0.1) is 13.2 Å². The van der Waals surface area contributed by atoms with Crippen molar-refractivity contribution >= 4 is 11.9 Å². The minimum absolute atomic E-state index is 0.279. The molecule has 0 radical (unpaired) electrons. The standard InChI is InChI=1S/C17H28O5/c1-3-16(18)21-13-11-9-7-5-6-8-10-12-20-14-15-22-17(19)4-2/h3-4H,1-2,5-15H2. The molecule has 0 saturated heterocycles. The van der Waals surface area contributed by atoms with E-state index in [0.717, 1.165) is 38.2 Å². The maximum atomic E-state index is 10.8. The van der Waals surface area contributed by atoms with Crippen molar-refractivity contribution in [3.8, 4) is 0 Å². The second kappa shape index (κ2) is 15.8. The summed E-state index contributed by atoms with van der Waals surface area (Å²) in [7, 11) is 0. The molecule has 0 bridgehead atoms. The average Bonchev–Trinajstić information content (AvgIpc) is 2.54. The molecule has 0 unspecified atom stereocenters. The number of rotatable bonds is 15. The van der Waals surface area contributed by atoms with Gasteiger partial charge in [-0.15, -0.1) is 0 Å². The van der Waals surface area contributed by atoms with Crippen LogP contribution in [0.15, 0.2) is 25.3 Å². The van der Waals surface area contributed by atoms with E-state index in [4.69, 9.17) is 14.2 Å². The fraction of sp³-hybridized carbons (Fsp3) is 0.647. The first kappa shape index (κ1) is 20.4. The van der Waals surface area contributed by atoms with E-state index < -0.39 is 5.97 Å². The molecule has 0 spiro atoms. The monoisotopic (exact) mass is 312 g/mol. The van der Waals surface area contributed by atoms with E-state index in [2.05, 4.69) is 13.2 Å². The number of carbonyl (C=O) groups is 2. The molecule has 0 saturated carbocycles. The maximum absolute atomic E-state index is 10.8. The van der Waals surface area contributed by atoms with Gasteiger partial charge in [0, 0.05) is 18.8 Å². The molecule has 0 atom stereocenters. The molecule has 0 aliphatic rings. The maximum Gasteiger partial charge on any atom is 0.330 e. The van der Waals surface area contributed by atoms with E-state index in [0.29, 0.717) is 19.8 Å². The predicted octanol–water partition coefficient (Wildman–Crippen LogP) is 3.19. The largest absolute Gasteiger partial charge is 0.463 e. The molecular formula is C17H28O5. The Labute approximate surface area is 133 Å². The predicted molar refractivity (Wildman–Crippen MR) is 85.5 cm³/mol. The quantitative estimate of drug-likeness (QED) is 0.264. The van der Waals surface area contributed by atoms with Crippen LogP contribution >= 0.6 is 0 Å². The van der Waals surface area contributed by atoms with Crippen LogP contribution in [0.25, 0.3) is 0 Å². The second-order valence-corrected chi connectivity index (χ2v) is 4.83. The van der Waals surface area contributed by atoms with Crippen LogP contribution in [0.1, 0.15) is 44.9 Å². The van der Waals surface area contributed by atoms with E-state index in [9.17, 15) is 9.59 Å². The van der Waals surface area contributed by atoms with Crippen LogP contribution in [0.5, 0.6) is 0 Å². The Bertz CT molecular complexity index is 293. The van der Waals surface area contributed by atoms with E-state index in [1.165, 1.54) is 18.9 Å². The number of unbranched alkanes of at least 4 members (excludes halogenated alkanes) is 6. The summed E-state index contributed by atoms with van der Waals surface area (Å²) in [5, 5.41) is 0. The number of esters is 2. The molecule has 0 aromatic heterocycles. The Morgan fingerprint density at radius 2 is 1.09 bits per heavy atom. The molecule has 0 aliphatic carbocycles. The third-order valence-corrected chi connectivity index (χ3v) is 2.98. The van der Waals surface area contributed by atoms with Gasteiger partial charge < -0.3 is 14.2 Å². The zero-order valence-corrected chi connectivity index (χ0v) is 13.4. The molecular weight excluding hydrogens is 284 g/mol. The number of hydrogen-bond acceptors (Lipinski definition) is 5. The van der Waals surface area contributed by atoms with Crippen LogP contribution in [-0.2, 0) is 23.8 Å². The van der Waals surface area contributed by atoms with Gasteiger partial charge in [-0.3, -0.25) is 0 Å². The molecule has 22 heavy (non-hydrogen) atoms. The summed E-state index contributed by atoms with van der Waals surface area (Å²) < 4.78 is 15.0. The van der Waals surface area contributed by atoms with Gasteiger partial charge in [-0.2, -0.15) is 0 Å². The summed E-state index contributed by atoms with van der Waals surface area (Å²) >= 11 is 0. The van der Waals surface area contributed by atoms with Gasteiger partial charge in [0.15, 0.2) is 0 Å². The molecule has 0 aromatic rings. The summed E-state index contributed by atoms with van der Waals surface area (Å²) in [6.45, 7) is 8.54. The highest BCUT2D eigenvalue weighted by Gasteiger charge is 1.97. The molecule has 0 heterocycles. The van der Waals surface area contributed by atoms with E-state index in [1.807, 2.05) is 0 Å². The minimum atomic E-state index is -0.414. The van der Waals surface area contributed by atoms with Gasteiger partial charge in [-0.25, -0.2) is 9.59 Å². The molecule has 5 heteroatoms. The SMILES string of the molecule is C=CC(=O)OCCCCCCCCCOCCOC(=O)C=C. The lowest BCUT2D eigenvalue weighted by atomic mass is 10.1. The highest BCUT2D eigenvalue weighted by atomic mass is 16.6. The Balaban J connectivity index is 3.08. The third kappa shape index (κ3) is 14.8. The number of hydrogen-bond donors (Lipinski definition) is 0. The molecule has 5 nitrogen and oxygen atoms in total. The second-order valence-electron chi connectivity index (χ2n) is 4.83. The summed E-state index contributed by atoms with van der Waals surface area (Å²) in [5.41, 5.74) is 0. The fourth-order valence-electron chi connectivity index (χ4n) is 1.78. The number of ether oxygens (including phenoxy) is 3. The van der Waals surface area contributed by atoms with Crippen molar-refractivity contribution in [2.24, 2.45) is 0 Å². The highest BCUT2D eigenvalue weighted by Crippen LogP contribution is 2.07. The van der Waals surface area contributed by atoms with Gasteiger partial charge in [0.25, 0.3) is 0 Å². The van der Waals surface area contributed by atoms with Crippen molar-refractivity contribution in [2.75, 3.05) is 26.4 Å². The zero-order chi connectivity index (χ0) is 16.5. The Kier molecular flexibility index (Phi) is 14.6. The first-order valence-corrected chi connectivity index (χ1v) is 7.87. The van der Waals surface area contributed by atoms with Crippen LogP contribution in [0.2, 0.25) is 0 Å². The first-order valence-electron chi connectivity index (χ1n) is 7.87. The third-order valence-electron chi connectivity index (χ3n) is 2.98. The Morgan fingerprint density at radius 1 is 0.636 bits per heavy atom. The summed E-state index contributed by atoms with van der Waals surface area (Å²) in [4.78, 5) is 21.5. The van der Waals surface area contributed by atoms with E-state index >= 15 is 0 Å². The number of carbonyl (C=O) groups excluding carboxylic acids is 2. The normalized spacial score (nSPS) is 10.0. The Hall–Kier alpha value is -1.62. The fourth-order valence-corrected chi connectivity index (χ4v) is 1.78. The lowest BCUT2D eigenvalue weighted by molar-refractivity contribution is -0.139. The van der Waals surface area contributed by atoms with Crippen LogP contribution in [-0.4, -0.2) is 38.4 Å². The Morgan fingerprint density at radius 3 is 1.64 bits per heavy atom.